The van der Waals surface area contributed by atoms with Crippen molar-refractivity contribution in [1.82, 2.24) is 4.98 Å². The molecule has 0 saturated heterocycles. The number of fused-ring (bicyclic) bond motifs is 3. The highest BCUT2D eigenvalue weighted by Crippen LogP contribution is 2.40. The second-order valence-corrected chi connectivity index (χ2v) is 12.6. The second-order valence-electron chi connectivity index (χ2n) is 12.6. The molecule has 0 amide bonds. The van der Waals surface area contributed by atoms with Gasteiger partial charge in [-0.3, -0.25) is 0 Å². The summed E-state index contributed by atoms with van der Waals surface area (Å²) in [5.74, 6) is 0. The molecule has 0 fully saturated rings. The van der Waals surface area contributed by atoms with E-state index in [0.29, 0.717) is 0 Å². The van der Waals surface area contributed by atoms with E-state index in [1.54, 1.807) is 0 Å². The summed E-state index contributed by atoms with van der Waals surface area (Å²) in [7, 11) is 0. The van der Waals surface area contributed by atoms with E-state index in [2.05, 4.69) is 170 Å². The Bertz CT molecular complexity index is 2450. The van der Waals surface area contributed by atoms with Gasteiger partial charge in [-0.15, -0.1) is 0 Å². The van der Waals surface area contributed by atoms with Gasteiger partial charge in [-0.05, 0) is 87.7 Å². The number of hydrogen-bond donors (Lipinski definition) is 0. The first-order valence-electron chi connectivity index (χ1n) is 16.9. The van der Waals surface area contributed by atoms with E-state index in [9.17, 15) is 0 Å². The smallest absolute Gasteiger partial charge is 0.136 e. The average molecular weight is 628 g/mol. The standard InChI is InChI=1S/C47H33NO/c1-4-13-32(14-5-1)38-30-43(36-17-8-3-9-18-36)48-44(31-38)41-21-12-22-46-47(41)42-29-37(27-28-45(42)49-46)33-23-25-35(26-24-33)40-20-11-10-19-39(40)34-15-6-2-7-16-34/h1-10,12-19,21-31H,11,20H2. The molecule has 2 nitrogen and oxygen atoms in total. The summed E-state index contributed by atoms with van der Waals surface area (Å²) in [5.41, 5.74) is 15.7. The fourth-order valence-corrected chi connectivity index (χ4v) is 7.16. The Balaban J connectivity index is 1.15. The maximum Gasteiger partial charge on any atom is 0.136 e. The number of pyridine rings is 1. The minimum Gasteiger partial charge on any atom is -0.456 e. The highest BCUT2D eigenvalue weighted by Gasteiger charge is 2.17. The van der Waals surface area contributed by atoms with Crippen LogP contribution in [0.15, 0.2) is 180 Å². The molecule has 1 aliphatic carbocycles. The van der Waals surface area contributed by atoms with Gasteiger partial charge in [0.1, 0.15) is 11.2 Å². The van der Waals surface area contributed by atoms with Crippen molar-refractivity contribution in [1.29, 1.82) is 0 Å². The van der Waals surface area contributed by atoms with Crippen LogP contribution in [0.4, 0.5) is 0 Å². The quantitative estimate of drug-likeness (QED) is 0.183. The van der Waals surface area contributed by atoms with Gasteiger partial charge < -0.3 is 4.42 Å². The van der Waals surface area contributed by atoms with Gasteiger partial charge in [-0.25, -0.2) is 4.98 Å². The lowest BCUT2D eigenvalue weighted by Gasteiger charge is -2.17. The number of aromatic nitrogens is 1. The number of rotatable bonds is 6. The van der Waals surface area contributed by atoms with Crippen LogP contribution in [-0.2, 0) is 0 Å². The molecule has 0 bridgehead atoms. The molecule has 0 aliphatic heterocycles. The fraction of sp³-hybridized carbons (Fsp3) is 0.0426. The largest absolute Gasteiger partial charge is 0.456 e. The van der Waals surface area contributed by atoms with Gasteiger partial charge >= 0.3 is 0 Å². The molecular formula is C47H33NO. The fourth-order valence-electron chi connectivity index (χ4n) is 7.16. The highest BCUT2D eigenvalue weighted by molar-refractivity contribution is 6.13. The molecule has 2 heteroatoms. The van der Waals surface area contributed by atoms with Crippen molar-refractivity contribution in [2.24, 2.45) is 0 Å². The first-order chi connectivity index (χ1) is 24.3. The number of furan rings is 1. The molecule has 0 unspecified atom stereocenters. The van der Waals surface area contributed by atoms with E-state index in [-0.39, 0.29) is 0 Å². The summed E-state index contributed by atoms with van der Waals surface area (Å²) >= 11 is 0. The first-order valence-corrected chi connectivity index (χ1v) is 16.9. The number of allylic oxidation sites excluding steroid dienone is 4. The average Bonchev–Trinajstić information content (AvgIpc) is 3.57. The van der Waals surface area contributed by atoms with Crippen LogP contribution in [0.3, 0.4) is 0 Å². The molecule has 0 spiro atoms. The van der Waals surface area contributed by atoms with Gasteiger partial charge in [0, 0.05) is 21.9 Å². The summed E-state index contributed by atoms with van der Waals surface area (Å²) < 4.78 is 6.45. The van der Waals surface area contributed by atoms with E-state index in [0.717, 1.165) is 74.0 Å². The summed E-state index contributed by atoms with van der Waals surface area (Å²) in [6.45, 7) is 0. The van der Waals surface area contributed by atoms with Crippen molar-refractivity contribution < 1.29 is 4.42 Å². The molecule has 8 aromatic rings. The van der Waals surface area contributed by atoms with Crippen LogP contribution in [0.1, 0.15) is 24.0 Å². The maximum absolute atomic E-state index is 6.45. The lowest BCUT2D eigenvalue weighted by molar-refractivity contribution is 0.669. The zero-order chi connectivity index (χ0) is 32.6. The summed E-state index contributed by atoms with van der Waals surface area (Å²) in [5, 5.41) is 2.17. The van der Waals surface area contributed by atoms with E-state index < -0.39 is 0 Å². The Kier molecular flexibility index (Phi) is 7.33. The van der Waals surface area contributed by atoms with Gasteiger partial charge in [0.15, 0.2) is 0 Å². The van der Waals surface area contributed by atoms with Crippen LogP contribution < -0.4 is 0 Å². The zero-order valence-electron chi connectivity index (χ0n) is 27.0. The summed E-state index contributed by atoms with van der Waals surface area (Å²) in [6, 6.07) is 58.0. The van der Waals surface area contributed by atoms with Crippen molar-refractivity contribution in [3.63, 3.8) is 0 Å². The number of hydrogen-bond acceptors (Lipinski definition) is 2. The molecule has 0 saturated carbocycles. The van der Waals surface area contributed by atoms with Gasteiger partial charge in [0.2, 0.25) is 0 Å². The lowest BCUT2D eigenvalue weighted by atomic mass is 9.87. The minimum absolute atomic E-state index is 0.860. The van der Waals surface area contributed by atoms with E-state index in [4.69, 9.17) is 9.40 Å². The molecule has 6 aromatic carbocycles. The van der Waals surface area contributed by atoms with Crippen molar-refractivity contribution in [2.45, 2.75) is 12.8 Å². The summed E-state index contributed by atoms with van der Waals surface area (Å²) in [4.78, 5) is 5.25. The van der Waals surface area contributed by atoms with E-state index >= 15 is 0 Å². The Morgan fingerprint density at radius 3 is 1.84 bits per heavy atom. The maximum atomic E-state index is 6.45. The van der Waals surface area contributed by atoms with Crippen molar-refractivity contribution >= 4 is 33.1 Å². The van der Waals surface area contributed by atoms with Crippen molar-refractivity contribution in [3.8, 4) is 44.8 Å². The zero-order valence-corrected chi connectivity index (χ0v) is 27.0. The Hall–Kier alpha value is -6.25. The van der Waals surface area contributed by atoms with Crippen LogP contribution in [0.25, 0.3) is 77.9 Å². The third-order valence-corrected chi connectivity index (χ3v) is 9.60. The first kappa shape index (κ1) is 28.9. The van der Waals surface area contributed by atoms with Crippen molar-refractivity contribution in [2.75, 3.05) is 0 Å². The molecule has 0 N–H and O–H groups in total. The van der Waals surface area contributed by atoms with E-state index in [1.165, 1.54) is 27.8 Å². The van der Waals surface area contributed by atoms with Gasteiger partial charge in [0.25, 0.3) is 0 Å². The molecule has 1 aliphatic rings. The highest BCUT2D eigenvalue weighted by atomic mass is 16.3. The third-order valence-electron chi connectivity index (χ3n) is 9.60. The SMILES string of the molecule is C1=CC(c2ccccc2)=C(c2ccc(-c3ccc4oc5cccc(-c6cc(-c7ccccc7)cc(-c7ccccc7)n6)c5c4c3)cc2)CC1. The third kappa shape index (κ3) is 5.48. The predicted molar refractivity (Wildman–Crippen MR) is 205 cm³/mol. The van der Waals surface area contributed by atoms with Crippen molar-refractivity contribution in [3.05, 3.63) is 187 Å². The van der Waals surface area contributed by atoms with Crippen LogP contribution >= 0.6 is 0 Å². The number of benzene rings is 6. The normalized spacial score (nSPS) is 13.0. The molecule has 0 radical (unpaired) electrons. The van der Waals surface area contributed by atoms with Gasteiger partial charge in [-0.2, -0.15) is 0 Å². The molecule has 49 heavy (non-hydrogen) atoms. The molecule has 232 valence electrons. The number of nitrogens with zero attached hydrogens (tertiary/aromatic N) is 1. The molecule has 0 atom stereocenters. The monoisotopic (exact) mass is 627 g/mol. The molecule has 2 heterocycles. The molecule has 2 aromatic heterocycles. The van der Waals surface area contributed by atoms with Crippen LogP contribution in [0.2, 0.25) is 0 Å². The lowest BCUT2D eigenvalue weighted by Crippen LogP contribution is -1.95. The van der Waals surface area contributed by atoms with Crippen LogP contribution in [0, 0.1) is 0 Å². The summed E-state index contributed by atoms with van der Waals surface area (Å²) in [6.07, 6.45) is 6.68. The van der Waals surface area contributed by atoms with Gasteiger partial charge in [0.05, 0.1) is 11.4 Å². The molecular weight excluding hydrogens is 595 g/mol. The topological polar surface area (TPSA) is 26.0 Å². The van der Waals surface area contributed by atoms with Gasteiger partial charge in [-0.1, -0.05) is 146 Å². The Morgan fingerprint density at radius 2 is 1.08 bits per heavy atom. The van der Waals surface area contributed by atoms with Crippen LogP contribution in [-0.4, -0.2) is 4.98 Å². The minimum atomic E-state index is 0.860. The Labute approximate surface area is 286 Å². The Morgan fingerprint density at radius 1 is 0.449 bits per heavy atom. The van der Waals surface area contributed by atoms with Crippen LogP contribution in [0.5, 0.6) is 0 Å². The second kappa shape index (κ2) is 12.4. The molecule has 9 rings (SSSR count). The van der Waals surface area contributed by atoms with E-state index in [1.807, 2.05) is 6.07 Å². The predicted octanol–water partition coefficient (Wildman–Crippen LogP) is 12.9.